The minimum absolute atomic E-state index is 0.0861. The van der Waals surface area contributed by atoms with Crippen LogP contribution in [0.1, 0.15) is 49.8 Å². The van der Waals surface area contributed by atoms with Gasteiger partial charge < -0.3 is 24.8 Å². The quantitative estimate of drug-likeness (QED) is 0.369. The van der Waals surface area contributed by atoms with Crippen molar-refractivity contribution in [2.24, 2.45) is 0 Å². The van der Waals surface area contributed by atoms with E-state index in [9.17, 15) is 4.79 Å². The molecule has 7 heteroatoms. The Morgan fingerprint density at radius 3 is 2.44 bits per heavy atom. The summed E-state index contributed by atoms with van der Waals surface area (Å²) in [6.45, 7) is 4.23. The van der Waals surface area contributed by atoms with Gasteiger partial charge in [0.1, 0.15) is 5.75 Å². The molecule has 0 radical (unpaired) electrons. The van der Waals surface area contributed by atoms with Crippen LogP contribution < -0.4 is 24.8 Å². The number of fused-ring (bicyclic) bond motifs is 2. The van der Waals surface area contributed by atoms with Gasteiger partial charge in [0.15, 0.2) is 17.3 Å². The van der Waals surface area contributed by atoms with Gasteiger partial charge in [-0.2, -0.15) is 0 Å². The Kier molecular flexibility index (Phi) is 5.88. The zero-order valence-corrected chi connectivity index (χ0v) is 21.7. The predicted octanol–water partition coefficient (Wildman–Crippen LogP) is 6.94. The molecule has 2 aliphatic heterocycles. The molecule has 2 atom stereocenters. The Labute approximate surface area is 218 Å². The van der Waals surface area contributed by atoms with Crippen molar-refractivity contribution in [1.29, 1.82) is 0 Å². The van der Waals surface area contributed by atoms with Crippen LogP contribution in [-0.2, 0) is 4.79 Å². The van der Waals surface area contributed by atoms with Crippen LogP contribution in [0.5, 0.6) is 17.2 Å². The molecule has 2 unspecified atom stereocenters. The second-order valence-electron chi connectivity index (χ2n) is 9.63. The predicted molar refractivity (Wildman–Crippen MR) is 143 cm³/mol. The van der Waals surface area contributed by atoms with Crippen LogP contribution in [0.4, 0.5) is 11.4 Å². The summed E-state index contributed by atoms with van der Waals surface area (Å²) >= 11 is 3.72. The van der Waals surface area contributed by atoms with Crippen molar-refractivity contribution in [1.82, 2.24) is 0 Å². The maximum atomic E-state index is 13.8. The lowest BCUT2D eigenvalue weighted by Crippen LogP contribution is -2.27. The molecule has 0 saturated heterocycles. The number of carbonyl (C=O) groups is 1. The number of halogens is 1. The SMILES string of the molecule is CC(C)Oc1ccc(C2CC(=O)C3=C(C2)Nc2ccccc2NC3c2cc3c(cc2Br)OCO3)cc1. The monoisotopic (exact) mass is 546 g/mol. The van der Waals surface area contributed by atoms with E-state index < -0.39 is 0 Å². The molecule has 3 aliphatic rings. The van der Waals surface area contributed by atoms with E-state index in [-0.39, 0.29) is 30.6 Å². The number of hydrogen-bond acceptors (Lipinski definition) is 6. The molecule has 2 heterocycles. The third-order valence-corrected chi connectivity index (χ3v) is 7.52. The van der Waals surface area contributed by atoms with Gasteiger partial charge in [-0.25, -0.2) is 0 Å². The molecule has 0 spiro atoms. The van der Waals surface area contributed by atoms with Crippen molar-refractivity contribution >= 4 is 33.1 Å². The van der Waals surface area contributed by atoms with Crippen molar-refractivity contribution in [2.75, 3.05) is 17.4 Å². The van der Waals surface area contributed by atoms with Crippen LogP contribution in [0.15, 0.2) is 76.4 Å². The summed E-state index contributed by atoms with van der Waals surface area (Å²) in [4.78, 5) is 13.8. The molecule has 3 aromatic carbocycles. The van der Waals surface area contributed by atoms with Crippen molar-refractivity contribution in [3.63, 3.8) is 0 Å². The molecule has 6 rings (SSSR count). The zero-order valence-electron chi connectivity index (χ0n) is 20.1. The minimum atomic E-state index is -0.338. The average Bonchev–Trinajstić information content (AvgIpc) is 3.23. The molecule has 184 valence electrons. The van der Waals surface area contributed by atoms with E-state index in [2.05, 4.69) is 38.7 Å². The van der Waals surface area contributed by atoms with Crippen molar-refractivity contribution in [3.05, 3.63) is 87.5 Å². The lowest BCUT2D eigenvalue weighted by Gasteiger charge is -2.30. The van der Waals surface area contributed by atoms with Gasteiger partial charge in [-0.15, -0.1) is 0 Å². The number of hydrogen-bond donors (Lipinski definition) is 2. The molecular formula is C29H27BrN2O4. The van der Waals surface area contributed by atoms with E-state index in [0.29, 0.717) is 17.9 Å². The molecule has 0 fully saturated rings. The Hall–Kier alpha value is -3.45. The molecule has 1 aliphatic carbocycles. The average molecular weight is 547 g/mol. The second kappa shape index (κ2) is 9.21. The second-order valence-corrected chi connectivity index (χ2v) is 10.5. The number of rotatable bonds is 4. The molecule has 0 aromatic heterocycles. The number of Topliss-reactive ketones (excluding diaryl/α,β-unsaturated/α-hetero) is 1. The Morgan fingerprint density at radius 2 is 1.69 bits per heavy atom. The smallest absolute Gasteiger partial charge is 0.231 e. The van der Waals surface area contributed by atoms with Crippen molar-refractivity contribution < 1.29 is 19.0 Å². The van der Waals surface area contributed by atoms with Crippen molar-refractivity contribution in [3.8, 4) is 17.2 Å². The van der Waals surface area contributed by atoms with E-state index in [0.717, 1.165) is 50.4 Å². The third kappa shape index (κ3) is 4.22. The number of ketones is 1. The lowest BCUT2D eigenvalue weighted by molar-refractivity contribution is -0.116. The van der Waals surface area contributed by atoms with Gasteiger partial charge in [0, 0.05) is 22.2 Å². The summed E-state index contributed by atoms with van der Waals surface area (Å²) < 4.78 is 17.9. The summed E-state index contributed by atoms with van der Waals surface area (Å²) in [5.74, 6) is 2.45. The minimum Gasteiger partial charge on any atom is -0.491 e. The van der Waals surface area contributed by atoms with E-state index in [1.165, 1.54) is 0 Å². The van der Waals surface area contributed by atoms with Crippen LogP contribution in [-0.4, -0.2) is 18.7 Å². The van der Waals surface area contributed by atoms with Gasteiger partial charge in [-0.05, 0) is 73.7 Å². The van der Waals surface area contributed by atoms with Crippen LogP contribution in [0, 0.1) is 0 Å². The molecular weight excluding hydrogens is 520 g/mol. The maximum Gasteiger partial charge on any atom is 0.231 e. The first-order valence-electron chi connectivity index (χ1n) is 12.2. The first kappa shape index (κ1) is 23.0. The third-order valence-electron chi connectivity index (χ3n) is 6.84. The first-order chi connectivity index (χ1) is 17.5. The molecule has 36 heavy (non-hydrogen) atoms. The molecule has 2 N–H and O–H groups in total. The fourth-order valence-electron chi connectivity index (χ4n) is 5.21. The molecule has 0 amide bonds. The van der Waals surface area contributed by atoms with Gasteiger partial charge in [0.25, 0.3) is 0 Å². The van der Waals surface area contributed by atoms with Gasteiger partial charge in [0.2, 0.25) is 6.79 Å². The zero-order chi connectivity index (χ0) is 24.8. The van der Waals surface area contributed by atoms with E-state index in [4.69, 9.17) is 14.2 Å². The topological polar surface area (TPSA) is 68.8 Å². The largest absolute Gasteiger partial charge is 0.491 e. The summed E-state index contributed by atoms with van der Waals surface area (Å²) in [6, 6.07) is 19.8. The van der Waals surface area contributed by atoms with Crippen LogP contribution in [0.2, 0.25) is 0 Å². The van der Waals surface area contributed by atoms with Crippen molar-refractivity contribution in [2.45, 2.75) is 44.8 Å². The number of allylic oxidation sites excluding steroid dienone is 1. The summed E-state index contributed by atoms with van der Waals surface area (Å²) in [5.41, 5.74) is 5.69. The van der Waals surface area contributed by atoms with Crippen LogP contribution >= 0.6 is 15.9 Å². The number of carbonyl (C=O) groups excluding carboxylic acids is 1. The van der Waals surface area contributed by atoms with Gasteiger partial charge >= 0.3 is 0 Å². The Balaban J connectivity index is 1.40. The fraction of sp³-hybridized carbons (Fsp3) is 0.276. The standard InChI is InChI=1S/C29H27BrN2O4/c1-16(2)36-19-9-7-17(8-10-19)18-11-24-28(25(33)12-18)29(32-23-6-4-3-5-22(23)31-24)20-13-26-27(14-21(20)30)35-15-34-26/h3-10,13-14,16,18,29,31-32H,11-12,15H2,1-2H3. The van der Waals surface area contributed by atoms with Crippen LogP contribution in [0.3, 0.4) is 0 Å². The fourth-order valence-corrected chi connectivity index (χ4v) is 5.76. The highest BCUT2D eigenvalue weighted by Crippen LogP contribution is 2.47. The lowest BCUT2D eigenvalue weighted by atomic mass is 9.78. The van der Waals surface area contributed by atoms with E-state index in [1.54, 1.807) is 0 Å². The highest BCUT2D eigenvalue weighted by molar-refractivity contribution is 9.10. The number of anilines is 2. The van der Waals surface area contributed by atoms with Gasteiger partial charge in [-0.3, -0.25) is 4.79 Å². The summed E-state index contributed by atoms with van der Waals surface area (Å²) in [5, 5.41) is 7.23. The van der Waals surface area contributed by atoms with Gasteiger partial charge in [0.05, 0.1) is 23.5 Å². The number of ether oxygens (including phenoxy) is 3. The Bertz CT molecular complexity index is 1370. The summed E-state index contributed by atoms with van der Waals surface area (Å²) in [7, 11) is 0. The molecule has 6 nitrogen and oxygen atoms in total. The molecule has 3 aromatic rings. The summed E-state index contributed by atoms with van der Waals surface area (Å²) in [6.07, 6.45) is 1.30. The highest BCUT2D eigenvalue weighted by atomic mass is 79.9. The number of benzene rings is 3. The molecule has 0 bridgehead atoms. The normalized spacial score (nSPS) is 20.3. The van der Waals surface area contributed by atoms with E-state index >= 15 is 0 Å². The number of para-hydroxylation sites is 2. The number of nitrogens with one attached hydrogen (secondary N) is 2. The molecule has 0 saturated carbocycles. The van der Waals surface area contributed by atoms with Gasteiger partial charge in [-0.1, -0.05) is 40.2 Å². The van der Waals surface area contributed by atoms with Crippen LogP contribution in [0.25, 0.3) is 0 Å². The maximum absolute atomic E-state index is 13.8. The van der Waals surface area contributed by atoms with E-state index in [1.807, 2.05) is 62.4 Å². The highest BCUT2D eigenvalue weighted by Gasteiger charge is 2.37. The Morgan fingerprint density at radius 1 is 0.972 bits per heavy atom. The first-order valence-corrected chi connectivity index (χ1v) is 13.0.